The normalized spacial score (nSPS) is 19.2. The third-order valence-electron chi connectivity index (χ3n) is 5.74. The highest BCUT2D eigenvalue weighted by Gasteiger charge is 2.35. The topological polar surface area (TPSA) is 107 Å². The molecule has 4 rings (SSSR count). The van der Waals surface area contributed by atoms with Gasteiger partial charge in [-0.3, -0.25) is 14.7 Å². The number of aliphatic hydroxyl groups is 1. The molecule has 3 atom stereocenters. The lowest BCUT2D eigenvalue weighted by molar-refractivity contribution is 0.146. The highest BCUT2D eigenvalue weighted by Crippen LogP contribution is 2.30. The van der Waals surface area contributed by atoms with Crippen molar-refractivity contribution in [3.05, 3.63) is 53.4 Å². The molecular weight excluding hydrogens is 418 g/mol. The number of aryl methyl sites for hydroxylation is 2. The molecule has 3 aromatic rings. The van der Waals surface area contributed by atoms with Gasteiger partial charge in [-0.1, -0.05) is 6.07 Å². The average Bonchev–Trinajstić information content (AvgIpc) is 3.44. The van der Waals surface area contributed by atoms with Crippen LogP contribution in [0.3, 0.4) is 0 Å². The molecule has 32 heavy (non-hydrogen) atoms. The van der Waals surface area contributed by atoms with E-state index in [1.165, 1.54) is 11.0 Å². The Kier molecular flexibility index (Phi) is 5.82. The highest BCUT2D eigenvalue weighted by molar-refractivity contribution is 5.67. The van der Waals surface area contributed by atoms with Crippen molar-refractivity contribution in [1.82, 2.24) is 29.8 Å². The highest BCUT2D eigenvalue weighted by atomic mass is 19.2. The lowest BCUT2D eigenvalue weighted by Crippen LogP contribution is -2.46. The van der Waals surface area contributed by atoms with Crippen LogP contribution in [0.4, 0.5) is 14.6 Å². The van der Waals surface area contributed by atoms with E-state index >= 15 is 0 Å². The van der Waals surface area contributed by atoms with Crippen molar-refractivity contribution < 1.29 is 13.9 Å². The first-order chi connectivity index (χ1) is 15.3. The van der Waals surface area contributed by atoms with Crippen LogP contribution in [0.15, 0.2) is 30.6 Å². The number of hydrogen-bond acceptors (Lipinski definition) is 7. The van der Waals surface area contributed by atoms with Crippen LogP contribution in [0.2, 0.25) is 0 Å². The van der Waals surface area contributed by atoms with E-state index in [4.69, 9.17) is 0 Å². The Bertz CT molecular complexity index is 1170. The molecule has 1 aliphatic rings. The van der Waals surface area contributed by atoms with Crippen molar-refractivity contribution in [2.24, 2.45) is 14.1 Å². The Balaban J connectivity index is 1.51. The van der Waals surface area contributed by atoms with Gasteiger partial charge in [0.15, 0.2) is 24.2 Å². The summed E-state index contributed by atoms with van der Waals surface area (Å²) in [5.74, 6) is -1.56. The number of nitrogens with one attached hydrogen (secondary N) is 2. The summed E-state index contributed by atoms with van der Waals surface area (Å²) in [5.41, 5.74) is 2.99. The Hall–Kier alpha value is -3.49. The van der Waals surface area contributed by atoms with E-state index in [-0.39, 0.29) is 12.0 Å². The largest absolute Gasteiger partial charge is 0.361 e. The number of benzene rings is 1. The minimum atomic E-state index is -1.16. The summed E-state index contributed by atoms with van der Waals surface area (Å²) in [5, 5.41) is 34.8. The Morgan fingerprint density at radius 2 is 2.03 bits per heavy atom. The van der Waals surface area contributed by atoms with Crippen LogP contribution in [-0.4, -0.2) is 55.1 Å². The molecule has 2 aromatic heterocycles. The fraction of sp³-hybridized carbons (Fsp3) is 0.381. The smallest absolute Gasteiger partial charge is 0.182 e. The minimum Gasteiger partial charge on any atom is -0.361 e. The molecule has 0 aliphatic carbocycles. The number of aliphatic hydroxyl groups excluding tert-OH is 1. The third-order valence-corrected chi connectivity index (χ3v) is 5.74. The third kappa shape index (κ3) is 4.15. The fourth-order valence-corrected chi connectivity index (χ4v) is 4.16. The molecule has 0 saturated carbocycles. The quantitative estimate of drug-likeness (QED) is 0.394. The molecule has 1 aromatic carbocycles. The molecule has 0 radical (unpaired) electrons. The van der Waals surface area contributed by atoms with E-state index in [9.17, 15) is 19.1 Å². The molecule has 2 unspecified atom stereocenters. The Labute approximate surface area is 183 Å². The second kappa shape index (κ2) is 8.57. The van der Waals surface area contributed by atoms with Gasteiger partial charge < -0.3 is 15.3 Å². The molecule has 3 heterocycles. The van der Waals surface area contributed by atoms with Crippen molar-refractivity contribution in [3.63, 3.8) is 0 Å². The zero-order valence-corrected chi connectivity index (χ0v) is 17.9. The van der Waals surface area contributed by atoms with E-state index < -0.39 is 18.0 Å². The van der Waals surface area contributed by atoms with Crippen LogP contribution in [0, 0.1) is 30.0 Å². The first kappa shape index (κ1) is 21.7. The lowest BCUT2D eigenvalue weighted by atomic mass is 9.94. The van der Waals surface area contributed by atoms with Crippen molar-refractivity contribution in [1.29, 1.82) is 5.26 Å². The van der Waals surface area contributed by atoms with Crippen LogP contribution in [-0.2, 0) is 14.1 Å². The van der Waals surface area contributed by atoms with Gasteiger partial charge in [-0.25, -0.2) is 8.78 Å². The molecule has 3 N–H and O–H groups in total. The van der Waals surface area contributed by atoms with Gasteiger partial charge in [0.1, 0.15) is 11.5 Å². The van der Waals surface area contributed by atoms with Crippen LogP contribution in [0.5, 0.6) is 0 Å². The van der Waals surface area contributed by atoms with Crippen molar-refractivity contribution in [2.45, 2.75) is 25.2 Å². The maximum Gasteiger partial charge on any atom is 0.182 e. The standard InChI is InChI=1S/C21H24F2N8O/c1-12-19(14-7-25-29(2)8-14)28-30(3)20(12)27-21(32)26-18-10-31(11-24)9-15(18)13-4-5-16(22)17(23)6-13/h4-8,15,18,21,26-27,32H,9-10H2,1-3H3/t15?,18-,21?/m1/s1. The number of hydrogen-bond donors (Lipinski definition) is 3. The van der Waals surface area contributed by atoms with Gasteiger partial charge in [0.25, 0.3) is 0 Å². The monoisotopic (exact) mass is 442 g/mol. The van der Waals surface area contributed by atoms with E-state index in [0.29, 0.717) is 24.5 Å². The van der Waals surface area contributed by atoms with E-state index in [1.807, 2.05) is 20.2 Å². The second-order valence-electron chi connectivity index (χ2n) is 7.95. The van der Waals surface area contributed by atoms with Crippen molar-refractivity contribution in [2.75, 3.05) is 18.4 Å². The van der Waals surface area contributed by atoms with Gasteiger partial charge >= 0.3 is 0 Å². The number of halogens is 2. The number of anilines is 1. The summed E-state index contributed by atoms with van der Waals surface area (Å²) in [6, 6.07) is 3.35. The number of aromatic nitrogens is 4. The summed E-state index contributed by atoms with van der Waals surface area (Å²) in [4.78, 5) is 1.52. The first-order valence-corrected chi connectivity index (χ1v) is 10.1. The first-order valence-electron chi connectivity index (χ1n) is 10.1. The molecular formula is C21H24F2N8O. The summed E-state index contributed by atoms with van der Waals surface area (Å²) in [7, 11) is 3.59. The summed E-state index contributed by atoms with van der Waals surface area (Å²) < 4.78 is 30.5. The second-order valence-corrected chi connectivity index (χ2v) is 7.95. The molecule has 0 spiro atoms. The molecule has 0 bridgehead atoms. The molecule has 1 aliphatic heterocycles. The van der Waals surface area contributed by atoms with Gasteiger partial charge in [-0.05, 0) is 24.6 Å². The van der Waals surface area contributed by atoms with Crippen molar-refractivity contribution >= 4 is 5.82 Å². The molecule has 1 fully saturated rings. The predicted octanol–water partition coefficient (Wildman–Crippen LogP) is 1.63. The molecule has 168 valence electrons. The summed E-state index contributed by atoms with van der Waals surface area (Å²) in [6.07, 6.45) is 4.50. The van der Waals surface area contributed by atoms with E-state index in [2.05, 4.69) is 27.0 Å². The lowest BCUT2D eigenvalue weighted by Gasteiger charge is -2.24. The zero-order chi connectivity index (χ0) is 23.0. The van der Waals surface area contributed by atoms with Crippen molar-refractivity contribution in [3.8, 4) is 17.5 Å². The number of likely N-dealkylation sites (tertiary alicyclic amines) is 1. The molecule has 11 heteroatoms. The maximum atomic E-state index is 13.8. The van der Waals surface area contributed by atoms with E-state index in [0.717, 1.165) is 29.0 Å². The van der Waals surface area contributed by atoms with Crippen LogP contribution < -0.4 is 10.6 Å². The number of rotatable bonds is 6. The minimum absolute atomic E-state index is 0.306. The zero-order valence-electron chi connectivity index (χ0n) is 17.9. The average molecular weight is 442 g/mol. The predicted molar refractivity (Wildman–Crippen MR) is 113 cm³/mol. The SMILES string of the molecule is Cc1c(-c2cnn(C)c2)nn(C)c1NC(O)N[C@@H]1CN(C#N)CC1c1ccc(F)c(F)c1. The van der Waals surface area contributed by atoms with Gasteiger partial charge in [0.2, 0.25) is 0 Å². The molecule has 9 nitrogen and oxygen atoms in total. The van der Waals surface area contributed by atoms with Gasteiger partial charge in [-0.15, -0.1) is 0 Å². The maximum absolute atomic E-state index is 13.8. The van der Waals surface area contributed by atoms with Crippen LogP contribution in [0.25, 0.3) is 11.3 Å². The number of nitriles is 1. The summed E-state index contributed by atoms with van der Waals surface area (Å²) in [6.45, 7) is 2.55. The van der Waals surface area contributed by atoms with E-state index in [1.54, 1.807) is 22.6 Å². The Morgan fingerprint density at radius 1 is 1.25 bits per heavy atom. The Morgan fingerprint density at radius 3 is 2.69 bits per heavy atom. The van der Waals surface area contributed by atoms with Gasteiger partial charge in [-0.2, -0.15) is 15.5 Å². The van der Waals surface area contributed by atoms with Crippen LogP contribution >= 0.6 is 0 Å². The van der Waals surface area contributed by atoms with Crippen LogP contribution in [0.1, 0.15) is 17.0 Å². The summed E-state index contributed by atoms with van der Waals surface area (Å²) >= 11 is 0. The van der Waals surface area contributed by atoms with Gasteiger partial charge in [0, 0.05) is 56.5 Å². The molecule has 1 saturated heterocycles. The molecule has 0 amide bonds. The van der Waals surface area contributed by atoms with Gasteiger partial charge in [0.05, 0.1) is 6.20 Å². The number of nitrogens with zero attached hydrogens (tertiary/aromatic N) is 6. The fourth-order valence-electron chi connectivity index (χ4n) is 4.16.